The molecule has 2 aliphatic rings. The van der Waals surface area contributed by atoms with Crippen molar-refractivity contribution in [1.82, 2.24) is 0 Å². The van der Waals surface area contributed by atoms with Gasteiger partial charge in [0.1, 0.15) is 5.78 Å². The first-order valence-corrected chi connectivity index (χ1v) is 6.20. The molecule has 0 aromatic rings. The van der Waals surface area contributed by atoms with Gasteiger partial charge in [-0.05, 0) is 12.8 Å². The molecule has 0 amide bonds. The molecule has 0 radical (unpaired) electrons. The van der Waals surface area contributed by atoms with Crippen LogP contribution < -0.4 is 0 Å². The number of Topliss-reactive ketones (excluding diaryl/α,β-unsaturated/α-hetero) is 1. The normalized spacial score (nSPS) is 38.5. The number of hydrogen-bond acceptors (Lipinski definition) is 4. The molecule has 0 aliphatic heterocycles. The van der Waals surface area contributed by atoms with E-state index in [1.807, 2.05) is 0 Å². The van der Waals surface area contributed by atoms with Gasteiger partial charge in [0.25, 0.3) is 10.1 Å². The lowest BCUT2D eigenvalue weighted by Crippen LogP contribution is -2.39. The lowest BCUT2D eigenvalue weighted by molar-refractivity contribution is -0.134. The molecule has 3 atom stereocenters. The summed E-state index contributed by atoms with van der Waals surface area (Å²) < 4.78 is 26.6. The van der Waals surface area contributed by atoms with Crippen LogP contribution in [0.4, 0.5) is 0 Å². The first-order chi connectivity index (χ1) is 5.97. The van der Waals surface area contributed by atoms with Crippen LogP contribution in [-0.2, 0) is 19.1 Å². The van der Waals surface area contributed by atoms with Crippen molar-refractivity contribution < 1.29 is 17.4 Å². The molecule has 2 aliphatic carbocycles. The van der Waals surface area contributed by atoms with Crippen molar-refractivity contribution >= 4 is 15.9 Å². The third-order valence-corrected chi connectivity index (χ3v) is 3.50. The molecule has 0 saturated heterocycles. The molecule has 0 N–H and O–H groups in total. The minimum Gasteiger partial charge on any atom is -0.299 e. The molecule has 0 aromatic heterocycles. The van der Waals surface area contributed by atoms with Crippen LogP contribution in [0, 0.1) is 11.8 Å². The van der Waals surface area contributed by atoms with Gasteiger partial charge in [0.15, 0.2) is 0 Å². The average Bonchev–Trinajstić information content (AvgIpc) is 2.24. The molecule has 2 fully saturated rings. The maximum absolute atomic E-state index is 11.0. The van der Waals surface area contributed by atoms with Crippen molar-refractivity contribution in [1.29, 1.82) is 0 Å². The minimum atomic E-state index is -3.36. The molecule has 5 heteroatoms. The Bertz CT molecular complexity index is 332. The van der Waals surface area contributed by atoms with Gasteiger partial charge in [-0.1, -0.05) is 0 Å². The monoisotopic (exact) mass is 204 g/mol. The summed E-state index contributed by atoms with van der Waals surface area (Å²) in [5, 5.41) is 0. The highest BCUT2D eigenvalue weighted by Crippen LogP contribution is 2.45. The zero-order valence-electron chi connectivity index (χ0n) is 7.39. The molecule has 0 spiro atoms. The summed E-state index contributed by atoms with van der Waals surface area (Å²) in [6, 6.07) is 0. The summed E-state index contributed by atoms with van der Waals surface area (Å²) in [7, 11) is -3.36. The molecule has 0 unspecified atom stereocenters. The van der Waals surface area contributed by atoms with Crippen LogP contribution in [0.3, 0.4) is 0 Å². The summed E-state index contributed by atoms with van der Waals surface area (Å²) in [6.45, 7) is 0. The molecule has 0 heterocycles. The molecule has 2 saturated carbocycles. The number of hydrogen-bond donors (Lipinski definition) is 0. The fraction of sp³-hybridized carbons (Fsp3) is 0.875. The average molecular weight is 204 g/mol. The fourth-order valence-corrected chi connectivity index (χ4v) is 2.96. The summed E-state index contributed by atoms with van der Waals surface area (Å²) in [5.41, 5.74) is 0. The lowest BCUT2D eigenvalue weighted by atomic mass is 9.74. The van der Waals surface area contributed by atoms with E-state index >= 15 is 0 Å². The third kappa shape index (κ3) is 1.62. The zero-order chi connectivity index (χ0) is 9.64. The van der Waals surface area contributed by atoms with Crippen LogP contribution in [-0.4, -0.2) is 26.6 Å². The van der Waals surface area contributed by atoms with Crippen LogP contribution in [0.1, 0.15) is 19.3 Å². The SMILES string of the molecule is CS(=O)(=O)O[C@H]1CC[C@H]2C(=O)C[C@@H]12. The van der Waals surface area contributed by atoms with Crippen molar-refractivity contribution in [2.75, 3.05) is 6.26 Å². The molecule has 2 rings (SSSR count). The van der Waals surface area contributed by atoms with Crippen LogP contribution in [0.15, 0.2) is 0 Å². The Balaban J connectivity index is 2.01. The van der Waals surface area contributed by atoms with Gasteiger partial charge in [-0.2, -0.15) is 8.42 Å². The van der Waals surface area contributed by atoms with Gasteiger partial charge >= 0.3 is 0 Å². The van der Waals surface area contributed by atoms with Crippen molar-refractivity contribution in [3.05, 3.63) is 0 Å². The van der Waals surface area contributed by atoms with E-state index in [9.17, 15) is 13.2 Å². The third-order valence-electron chi connectivity index (χ3n) is 2.91. The van der Waals surface area contributed by atoms with Crippen molar-refractivity contribution in [3.8, 4) is 0 Å². The second-order valence-corrected chi connectivity index (χ2v) is 5.46. The van der Waals surface area contributed by atoms with E-state index < -0.39 is 10.1 Å². The highest BCUT2D eigenvalue weighted by atomic mass is 32.2. The predicted molar refractivity (Wildman–Crippen MR) is 45.6 cm³/mol. The summed E-state index contributed by atoms with van der Waals surface area (Å²) in [4.78, 5) is 11.0. The van der Waals surface area contributed by atoms with E-state index in [-0.39, 0.29) is 23.7 Å². The molecule has 74 valence electrons. The van der Waals surface area contributed by atoms with Crippen LogP contribution >= 0.6 is 0 Å². The predicted octanol–water partition coefficient (Wildman–Crippen LogP) is 0.330. The molecular formula is C8H12O4S. The minimum absolute atomic E-state index is 0.0896. The molecule has 0 aromatic carbocycles. The van der Waals surface area contributed by atoms with Gasteiger partial charge in [-0.3, -0.25) is 8.98 Å². The first-order valence-electron chi connectivity index (χ1n) is 4.38. The van der Waals surface area contributed by atoms with Gasteiger partial charge < -0.3 is 0 Å². The number of rotatable bonds is 2. The Morgan fingerprint density at radius 3 is 2.54 bits per heavy atom. The van der Waals surface area contributed by atoms with Gasteiger partial charge in [0.05, 0.1) is 12.4 Å². The van der Waals surface area contributed by atoms with Gasteiger partial charge in [-0.25, -0.2) is 0 Å². The van der Waals surface area contributed by atoms with Crippen LogP contribution in [0.5, 0.6) is 0 Å². The second-order valence-electron chi connectivity index (χ2n) is 3.86. The Labute approximate surface area is 77.4 Å². The standard InChI is InChI=1S/C8H12O4S/c1-13(10,11)12-8-3-2-5-6(8)4-7(5)9/h5-6,8H,2-4H2,1H3/t5-,6-,8+/m1/s1. The van der Waals surface area contributed by atoms with E-state index in [0.717, 1.165) is 12.7 Å². The Hall–Kier alpha value is -0.420. The van der Waals surface area contributed by atoms with Gasteiger partial charge in [0, 0.05) is 18.3 Å². The zero-order valence-corrected chi connectivity index (χ0v) is 8.21. The first kappa shape index (κ1) is 9.15. The fourth-order valence-electron chi connectivity index (χ4n) is 2.27. The van der Waals surface area contributed by atoms with Gasteiger partial charge in [-0.15, -0.1) is 0 Å². The van der Waals surface area contributed by atoms with E-state index in [1.54, 1.807) is 0 Å². The quantitative estimate of drug-likeness (QED) is 0.608. The lowest BCUT2D eigenvalue weighted by Gasteiger charge is -2.31. The highest BCUT2D eigenvalue weighted by molar-refractivity contribution is 7.86. The largest absolute Gasteiger partial charge is 0.299 e. The summed E-state index contributed by atoms with van der Waals surface area (Å²) in [6.07, 6.45) is 2.82. The number of carbonyl (C=O) groups is 1. The molecule has 4 nitrogen and oxygen atoms in total. The van der Waals surface area contributed by atoms with Crippen molar-refractivity contribution in [3.63, 3.8) is 0 Å². The Morgan fingerprint density at radius 1 is 1.38 bits per heavy atom. The summed E-state index contributed by atoms with van der Waals surface area (Å²) in [5.74, 6) is 0.526. The maximum atomic E-state index is 11.0. The Morgan fingerprint density at radius 2 is 2.08 bits per heavy atom. The van der Waals surface area contributed by atoms with E-state index in [1.165, 1.54) is 0 Å². The topological polar surface area (TPSA) is 60.4 Å². The van der Waals surface area contributed by atoms with E-state index in [0.29, 0.717) is 12.8 Å². The second kappa shape index (κ2) is 2.78. The van der Waals surface area contributed by atoms with Crippen molar-refractivity contribution in [2.45, 2.75) is 25.4 Å². The van der Waals surface area contributed by atoms with Crippen LogP contribution in [0.25, 0.3) is 0 Å². The summed E-state index contributed by atoms with van der Waals surface area (Å²) >= 11 is 0. The molecular weight excluding hydrogens is 192 g/mol. The smallest absolute Gasteiger partial charge is 0.264 e. The highest BCUT2D eigenvalue weighted by Gasteiger charge is 2.50. The van der Waals surface area contributed by atoms with E-state index in [4.69, 9.17) is 4.18 Å². The van der Waals surface area contributed by atoms with Crippen LogP contribution in [0.2, 0.25) is 0 Å². The molecule has 13 heavy (non-hydrogen) atoms. The molecule has 0 bridgehead atoms. The van der Waals surface area contributed by atoms with E-state index in [2.05, 4.69) is 0 Å². The maximum Gasteiger partial charge on any atom is 0.264 e. The number of ketones is 1. The van der Waals surface area contributed by atoms with Crippen molar-refractivity contribution in [2.24, 2.45) is 11.8 Å². The Kier molecular flexibility index (Phi) is 1.96. The number of carbonyl (C=O) groups excluding carboxylic acids is 1. The van der Waals surface area contributed by atoms with Gasteiger partial charge in [0.2, 0.25) is 0 Å². The number of fused-ring (bicyclic) bond motifs is 1.